The molecular weight excluding hydrogens is 453 g/mol. The van der Waals surface area contributed by atoms with Gasteiger partial charge >= 0.3 is 12.1 Å². The highest BCUT2D eigenvalue weighted by atomic mass is 32.2. The summed E-state index contributed by atoms with van der Waals surface area (Å²) in [5.41, 5.74) is 1.13. The lowest BCUT2D eigenvalue weighted by atomic mass is 9.95. The number of methoxy groups -OCH3 is 2. The number of para-hydroxylation sites is 1. The molecule has 1 amide bonds. The van der Waals surface area contributed by atoms with Gasteiger partial charge in [0.1, 0.15) is 17.8 Å². The monoisotopic (exact) mass is 480 g/mol. The van der Waals surface area contributed by atoms with Gasteiger partial charge in [-0.1, -0.05) is 18.2 Å². The second-order valence-corrected chi connectivity index (χ2v) is 7.89. The van der Waals surface area contributed by atoms with Gasteiger partial charge in [0.05, 0.1) is 20.8 Å². The van der Waals surface area contributed by atoms with Gasteiger partial charge in [-0.3, -0.25) is 4.79 Å². The molecule has 0 bridgehead atoms. The number of rotatable bonds is 8. The first-order chi connectivity index (χ1) is 15.0. The third kappa shape index (κ3) is 8.58. The Kier molecular flexibility index (Phi) is 11.3. The van der Waals surface area contributed by atoms with Crippen LogP contribution in [0.3, 0.4) is 0 Å². The molecule has 1 heterocycles. The number of nitrogens with one attached hydrogen (secondary N) is 1. The number of amides is 1. The Morgan fingerprint density at radius 3 is 2.44 bits per heavy atom. The zero-order chi connectivity index (χ0) is 24.3. The van der Waals surface area contributed by atoms with E-state index in [4.69, 9.17) is 19.4 Å². The van der Waals surface area contributed by atoms with Crippen LogP contribution < -0.4 is 20.5 Å². The van der Waals surface area contributed by atoms with E-state index in [9.17, 15) is 22.8 Å². The summed E-state index contributed by atoms with van der Waals surface area (Å²) in [5, 5.41) is 13.7. The standard InChI is InChI=1S/C18H26N2O4S.C2HF3O2/c1-23-16-7-5-4-6-13(16)12-10-15(19-11-12)17(21)20-14(8-9-25-3)18(22)24-2;3-2(4,5)1(6)7/h4-7,12,14-15,19H,8-11H2,1-3H3,(H,20,21);(H,6,7)/t12-,14-,15-;/m0./s1. The van der Waals surface area contributed by atoms with Crippen LogP contribution in [0.5, 0.6) is 5.75 Å². The number of hydrogen-bond acceptors (Lipinski definition) is 7. The summed E-state index contributed by atoms with van der Waals surface area (Å²) in [4.78, 5) is 33.2. The minimum absolute atomic E-state index is 0.103. The van der Waals surface area contributed by atoms with Gasteiger partial charge in [0.2, 0.25) is 0 Å². The molecule has 2 rings (SSSR count). The van der Waals surface area contributed by atoms with Crippen molar-refractivity contribution < 1.29 is 47.5 Å². The summed E-state index contributed by atoms with van der Waals surface area (Å²) >= 11 is 1.64. The topological polar surface area (TPSA) is 121 Å². The van der Waals surface area contributed by atoms with Crippen LogP contribution in [0.15, 0.2) is 24.3 Å². The van der Waals surface area contributed by atoms with Crippen LogP contribution in [0.2, 0.25) is 0 Å². The molecule has 12 heteroatoms. The smallest absolute Gasteiger partial charge is 0.430 e. The lowest BCUT2D eigenvalue weighted by Gasteiger charge is -2.17. The van der Waals surface area contributed by atoms with Gasteiger partial charge in [-0.25, -0.2) is 4.79 Å². The van der Waals surface area contributed by atoms with E-state index in [1.54, 1.807) is 18.9 Å². The first-order valence-corrected chi connectivity index (χ1v) is 11.1. The Morgan fingerprint density at radius 2 is 1.91 bits per heavy atom. The highest BCUT2D eigenvalue weighted by molar-refractivity contribution is 7.98. The van der Waals surface area contributed by atoms with E-state index in [0.717, 1.165) is 30.0 Å². The molecule has 0 spiro atoms. The van der Waals surface area contributed by atoms with Crippen molar-refractivity contribution in [1.29, 1.82) is 0 Å². The number of halogens is 3. The van der Waals surface area contributed by atoms with Gasteiger partial charge in [0.15, 0.2) is 6.04 Å². The lowest BCUT2D eigenvalue weighted by molar-refractivity contribution is -0.658. The van der Waals surface area contributed by atoms with Crippen LogP contribution in [0, 0.1) is 0 Å². The number of quaternary nitrogens is 1. The Labute approximate surface area is 188 Å². The average Bonchev–Trinajstić information content (AvgIpc) is 3.26. The Morgan fingerprint density at radius 1 is 1.28 bits per heavy atom. The normalized spacial score (nSPS) is 18.7. The number of alkyl halides is 3. The summed E-state index contributed by atoms with van der Waals surface area (Å²) in [7, 11) is 3.01. The third-order valence-electron chi connectivity index (χ3n) is 4.80. The number of ether oxygens (including phenoxy) is 2. The third-order valence-corrected chi connectivity index (χ3v) is 5.45. The Balaban J connectivity index is 0.000000633. The largest absolute Gasteiger partial charge is 0.542 e. The van der Waals surface area contributed by atoms with Crippen molar-refractivity contribution in [3.05, 3.63) is 29.8 Å². The second kappa shape index (κ2) is 13.2. The van der Waals surface area contributed by atoms with Crippen molar-refractivity contribution in [2.75, 3.05) is 32.8 Å². The molecule has 180 valence electrons. The van der Waals surface area contributed by atoms with E-state index in [2.05, 4.69) is 5.32 Å². The summed E-state index contributed by atoms with van der Waals surface area (Å²) in [5.74, 6) is -1.59. The first kappa shape index (κ1) is 27.6. The van der Waals surface area contributed by atoms with Crippen LogP contribution >= 0.6 is 11.8 Å². The maximum atomic E-state index is 12.6. The van der Waals surface area contributed by atoms with Gasteiger partial charge in [-0.05, 0) is 24.5 Å². The van der Waals surface area contributed by atoms with Crippen LogP contribution in [0.1, 0.15) is 24.3 Å². The first-order valence-electron chi connectivity index (χ1n) is 9.66. The van der Waals surface area contributed by atoms with E-state index in [1.807, 2.05) is 35.8 Å². The van der Waals surface area contributed by atoms with Crippen molar-refractivity contribution in [3.63, 3.8) is 0 Å². The predicted molar refractivity (Wildman–Crippen MR) is 109 cm³/mol. The summed E-state index contributed by atoms with van der Waals surface area (Å²) < 4.78 is 41.8. The molecule has 0 saturated carbocycles. The number of carbonyl (C=O) groups is 3. The molecule has 8 nitrogen and oxygen atoms in total. The molecule has 0 radical (unpaired) electrons. The summed E-state index contributed by atoms with van der Waals surface area (Å²) in [6.07, 6.45) is -1.93. The maximum absolute atomic E-state index is 12.6. The van der Waals surface area contributed by atoms with E-state index in [0.29, 0.717) is 6.42 Å². The molecule has 3 N–H and O–H groups in total. The average molecular weight is 481 g/mol. The van der Waals surface area contributed by atoms with Crippen LogP contribution in [-0.4, -0.2) is 68.9 Å². The Bertz CT molecular complexity index is 778. The second-order valence-electron chi connectivity index (χ2n) is 6.90. The zero-order valence-electron chi connectivity index (χ0n) is 17.9. The molecular formula is C20H27F3N2O6S. The molecule has 1 aliphatic heterocycles. The number of nitrogens with two attached hydrogens (primary N) is 1. The summed E-state index contributed by atoms with van der Waals surface area (Å²) in [6.45, 7) is 0.826. The maximum Gasteiger partial charge on any atom is 0.430 e. The molecule has 0 unspecified atom stereocenters. The number of esters is 1. The SMILES string of the molecule is COC(=O)[C@H](CCSC)NC(=O)[C@@H]1C[C@H](c2ccccc2OC)C[NH2+]1.O=C([O-])C(F)(F)F. The van der Waals surface area contributed by atoms with Crippen molar-refractivity contribution >= 4 is 29.6 Å². The van der Waals surface area contributed by atoms with Gasteiger partial charge in [0.25, 0.3) is 5.91 Å². The number of carboxylic acids is 1. The summed E-state index contributed by atoms with van der Waals surface area (Å²) in [6, 6.07) is 7.14. The minimum atomic E-state index is -5.19. The number of carboxylic acid groups (broad SMARTS) is 1. The predicted octanol–water partition coefficient (Wildman–Crippen LogP) is -0.176. The fourth-order valence-electron chi connectivity index (χ4n) is 3.20. The highest BCUT2D eigenvalue weighted by Gasteiger charge is 2.37. The molecule has 1 aromatic carbocycles. The van der Waals surface area contributed by atoms with Crippen molar-refractivity contribution in [2.24, 2.45) is 0 Å². The van der Waals surface area contributed by atoms with E-state index < -0.39 is 18.2 Å². The van der Waals surface area contributed by atoms with Gasteiger partial charge in [-0.15, -0.1) is 0 Å². The number of carbonyl (C=O) groups excluding carboxylic acids is 3. The van der Waals surface area contributed by atoms with Crippen molar-refractivity contribution in [3.8, 4) is 5.75 Å². The van der Waals surface area contributed by atoms with Gasteiger partial charge in [-0.2, -0.15) is 24.9 Å². The quantitative estimate of drug-likeness (QED) is 0.496. The number of aliphatic carboxylic acids is 1. The van der Waals surface area contributed by atoms with E-state index in [-0.39, 0.29) is 23.8 Å². The molecule has 1 saturated heterocycles. The molecule has 1 aliphatic rings. The molecule has 0 aromatic heterocycles. The molecule has 0 aliphatic carbocycles. The van der Waals surface area contributed by atoms with Crippen LogP contribution in [0.25, 0.3) is 0 Å². The van der Waals surface area contributed by atoms with Gasteiger partial charge in [0, 0.05) is 17.9 Å². The zero-order valence-corrected chi connectivity index (χ0v) is 18.8. The van der Waals surface area contributed by atoms with Crippen molar-refractivity contribution in [2.45, 2.75) is 37.0 Å². The molecule has 1 aromatic rings. The van der Waals surface area contributed by atoms with E-state index in [1.165, 1.54) is 7.11 Å². The minimum Gasteiger partial charge on any atom is -0.542 e. The van der Waals surface area contributed by atoms with Crippen LogP contribution in [0.4, 0.5) is 13.2 Å². The van der Waals surface area contributed by atoms with E-state index >= 15 is 0 Å². The highest BCUT2D eigenvalue weighted by Crippen LogP contribution is 2.30. The van der Waals surface area contributed by atoms with Gasteiger partial charge < -0.3 is 30.0 Å². The molecule has 32 heavy (non-hydrogen) atoms. The Hall–Kier alpha value is -2.47. The molecule has 1 fully saturated rings. The van der Waals surface area contributed by atoms with Crippen molar-refractivity contribution in [1.82, 2.24) is 5.32 Å². The number of benzene rings is 1. The fraction of sp³-hybridized carbons (Fsp3) is 0.550. The number of thioether (sulfide) groups is 1. The molecule has 3 atom stereocenters. The number of hydrogen-bond donors (Lipinski definition) is 2. The fourth-order valence-corrected chi connectivity index (χ4v) is 3.68. The van der Waals surface area contributed by atoms with Crippen LogP contribution in [-0.2, 0) is 19.1 Å². The lowest BCUT2D eigenvalue weighted by Crippen LogP contribution is -2.89.